The lowest BCUT2D eigenvalue weighted by molar-refractivity contribution is -0.132. The summed E-state index contributed by atoms with van der Waals surface area (Å²) in [6.45, 7) is 1.82. The first-order chi connectivity index (χ1) is 9.45. The summed E-state index contributed by atoms with van der Waals surface area (Å²) in [5.41, 5.74) is 5.35. The van der Waals surface area contributed by atoms with E-state index in [0.29, 0.717) is 43.4 Å². The molecule has 1 aliphatic rings. The zero-order valence-corrected chi connectivity index (χ0v) is 14.0. The minimum absolute atomic E-state index is 0.0107. The molecule has 0 atom stereocenters. The zero-order valence-electron chi connectivity index (χ0n) is 10.8. The van der Waals surface area contributed by atoms with E-state index in [9.17, 15) is 13.2 Å². The third-order valence-corrected chi connectivity index (χ3v) is 7.08. The summed E-state index contributed by atoms with van der Waals surface area (Å²) in [5, 5.41) is 0. The number of hydrogen-bond acceptors (Lipinski definition) is 5. The van der Waals surface area contributed by atoms with Gasteiger partial charge in [-0.25, -0.2) is 8.42 Å². The molecule has 0 saturated carbocycles. The molecule has 1 aromatic rings. The van der Waals surface area contributed by atoms with Crippen LogP contribution in [0.5, 0.6) is 0 Å². The lowest BCUT2D eigenvalue weighted by Crippen LogP contribution is -2.50. The van der Waals surface area contributed by atoms with Crippen LogP contribution in [-0.4, -0.2) is 56.3 Å². The summed E-state index contributed by atoms with van der Waals surface area (Å²) in [4.78, 5) is 13.4. The van der Waals surface area contributed by atoms with Crippen LogP contribution in [0.1, 0.15) is 6.42 Å². The molecule has 0 aromatic carbocycles. The molecule has 1 saturated heterocycles. The quantitative estimate of drug-likeness (QED) is 0.831. The smallest absolute Gasteiger partial charge is 0.252 e. The number of carbonyl (C=O) groups is 1. The summed E-state index contributed by atoms with van der Waals surface area (Å²) < 4.78 is 27.3. The number of carbonyl (C=O) groups excluding carboxylic acids is 1. The molecule has 2 N–H and O–H groups in total. The summed E-state index contributed by atoms with van der Waals surface area (Å²) in [6, 6.07) is 3.31. The van der Waals surface area contributed by atoms with Crippen molar-refractivity contribution in [1.29, 1.82) is 0 Å². The fourth-order valence-corrected chi connectivity index (χ4v) is 5.61. The van der Waals surface area contributed by atoms with E-state index in [0.717, 1.165) is 3.79 Å². The number of thiophene rings is 1. The third-order valence-electron chi connectivity index (χ3n) is 3.09. The van der Waals surface area contributed by atoms with Gasteiger partial charge in [-0.05, 0) is 28.1 Å². The number of amides is 1. The van der Waals surface area contributed by atoms with E-state index in [2.05, 4.69) is 15.9 Å². The van der Waals surface area contributed by atoms with Gasteiger partial charge in [0.05, 0.1) is 3.79 Å². The summed E-state index contributed by atoms with van der Waals surface area (Å²) in [7, 11) is -3.44. The van der Waals surface area contributed by atoms with Crippen molar-refractivity contribution in [3.63, 3.8) is 0 Å². The van der Waals surface area contributed by atoms with Crippen molar-refractivity contribution in [3.8, 4) is 0 Å². The van der Waals surface area contributed by atoms with Crippen LogP contribution in [-0.2, 0) is 14.8 Å². The molecule has 2 rings (SSSR count). The second-order valence-corrected chi connectivity index (χ2v) is 9.01. The maximum Gasteiger partial charge on any atom is 0.252 e. The molecular formula is C11H16BrN3O3S2. The van der Waals surface area contributed by atoms with Gasteiger partial charge in [-0.15, -0.1) is 11.3 Å². The minimum atomic E-state index is -3.44. The van der Waals surface area contributed by atoms with E-state index in [-0.39, 0.29) is 5.91 Å². The Hall–Kier alpha value is -0.480. The number of halogens is 1. The number of rotatable bonds is 4. The number of piperazine rings is 1. The molecule has 2 heterocycles. The number of nitrogens with two attached hydrogens (primary N) is 1. The molecule has 1 fully saturated rings. The van der Waals surface area contributed by atoms with Gasteiger partial charge in [0.15, 0.2) is 0 Å². The van der Waals surface area contributed by atoms with Gasteiger partial charge in [0, 0.05) is 39.1 Å². The average Bonchev–Trinajstić information content (AvgIpc) is 2.86. The monoisotopic (exact) mass is 381 g/mol. The highest BCUT2D eigenvalue weighted by atomic mass is 79.9. The van der Waals surface area contributed by atoms with Crippen LogP contribution in [0.3, 0.4) is 0 Å². The van der Waals surface area contributed by atoms with Crippen LogP contribution in [0.25, 0.3) is 0 Å². The fraction of sp³-hybridized carbons (Fsp3) is 0.545. The van der Waals surface area contributed by atoms with Crippen LogP contribution in [0.4, 0.5) is 0 Å². The van der Waals surface area contributed by atoms with Gasteiger partial charge in [-0.2, -0.15) is 4.31 Å². The predicted molar refractivity (Wildman–Crippen MR) is 81.0 cm³/mol. The Morgan fingerprint density at radius 2 is 1.95 bits per heavy atom. The van der Waals surface area contributed by atoms with Gasteiger partial charge in [0.1, 0.15) is 4.21 Å². The van der Waals surface area contributed by atoms with E-state index < -0.39 is 10.0 Å². The zero-order chi connectivity index (χ0) is 14.8. The molecule has 1 aliphatic heterocycles. The van der Waals surface area contributed by atoms with Crippen LogP contribution < -0.4 is 5.73 Å². The van der Waals surface area contributed by atoms with Crippen molar-refractivity contribution in [3.05, 3.63) is 15.9 Å². The second-order valence-electron chi connectivity index (χ2n) is 4.38. The molecular weight excluding hydrogens is 366 g/mol. The molecule has 1 amide bonds. The van der Waals surface area contributed by atoms with Crippen molar-refractivity contribution >= 4 is 43.2 Å². The third kappa shape index (κ3) is 3.40. The van der Waals surface area contributed by atoms with E-state index in [1.807, 2.05) is 0 Å². The second kappa shape index (κ2) is 6.52. The first-order valence-corrected chi connectivity index (χ1v) is 9.23. The van der Waals surface area contributed by atoms with Crippen molar-refractivity contribution < 1.29 is 13.2 Å². The van der Waals surface area contributed by atoms with Crippen LogP contribution >= 0.6 is 27.3 Å². The van der Waals surface area contributed by atoms with Gasteiger partial charge < -0.3 is 10.6 Å². The van der Waals surface area contributed by atoms with Crippen molar-refractivity contribution in [2.45, 2.75) is 10.6 Å². The Morgan fingerprint density at radius 1 is 1.30 bits per heavy atom. The molecule has 0 spiro atoms. The standard InChI is InChI=1S/C11H16BrN3O3S2/c12-9-1-2-11(19-9)20(17,18)15-7-5-14(6-8-15)10(16)3-4-13/h1-2H,3-8,13H2. The van der Waals surface area contributed by atoms with Gasteiger partial charge in [-0.3, -0.25) is 4.79 Å². The molecule has 112 valence electrons. The number of sulfonamides is 1. The molecule has 0 unspecified atom stereocenters. The molecule has 0 bridgehead atoms. The number of nitrogens with zero attached hydrogens (tertiary/aromatic N) is 2. The molecule has 6 nitrogen and oxygen atoms in total. The van der Waals surface area contributed by atoms with Crippen LogP contribution in [0.15, 0.2) is 20.1 Å². The maximum atomic E-state index is 12.4. The highest BCUT2D eigenvalue weighted by Crippen LogP contribution is 2.28. The van der Waals surface area contributed by atoms with Gasteiger partial charge in [-0.1, -0.05) is 0 Å². The Kier molecular flexibility index (Phi) is 5.19. The van der Waals surface area contributed by atoms with Crippen LogP contribution in [0.2, 0.25) is 0 Å². The SMILES string of the molecule is NCCC(=O)N1CCN(S(=O)(=O)c2ccc(Br)s2)CC1. The van der Waals surface area contributed by atoms with Gasteiger partial charge in [0.25, 0.3) is 10.0 Å². The Balaban J connectivity index is 2.02. The fourth-order valence-electron chi connectivity index (χ4n) is 2.02. The first-order valence-electron chi connectivity index (χ1n) is 6.18. The normalized spacial score (nSPS) is 17.4. The van der Waals surface area contributed by atoms with Gasteiger partial charge in [0.2, 0.25) is 5.91 Å². The predicted octanol–water partition coefficient (Wildman–Crippen LogP) is 0.692. The van der Waals surface area contributed by atoms with Crippen molar-refractivity contribution in [1.82, 2.24) is 9.21 Å². The minimum Gasteiger partial charge on any atom is -0.340 e. The Bertz CT molecular complexity index is 579. The van der Waals surface area contributed by atoms with E-state index in [1.165, 1.54) is 15.6 Å². The summed E-state index contributed by atoms with van der Waals surface area (Å²) >= 11 is 4.46. The summed E-state index contributed by atoms with van der Waals surface area (Å²) in [6.07, 6.45) is 0.310. The number of hydrogen-bond donors (Lipinski definition) is 1. The maximum absolute atomic E-state index is 12.4. The largest absolute Gasteiger partial charge is 0.340 e. The first kappa shape index (κ1) is 15.9. The lowest BCUT2D eigenvalue weighted by Gasteiger charge is -2.33. The van der Waals surface area contributed by atoms with Crippen molar-refractivity contribution in [2.24, 2.45) is 5.73 Å². The van der Waals surface area contributed by atoms with E-state index >= 15 is 0 Å². The van der Waals surface area contributed by atoms with Crippen molar-refractivity contribution in [2.75, 3.05) is 32.7 Å². The Labute approximate surface area is 130 Å². The van der Waals surface area contributed by atoms with Crippen LogP contribution in [0, 0.1) is 0 Å². The Morgan fingerprint density at radius 3 is 2.45 bits per heavy atom. The molecule has 0 radical (unpaired) electrons. The lowest BCUT2D eigenvalue weighted by atomic mass is 10.3. The highest BCUT2D eigenvalue weighted by Gasteiger charge is 2.30. The summed E-state index contributed by atoms with van der Waals surface area (Å²) in [5.74, 6) is -0.0107. The van der Waals surface area contributed by atoms with E-state index in [4.69, 9.17) is 5.73 Å². The highest BCUT2D eigenvalue weighted by molar-refractivity contribution is 9.11. The molecule has 20 heavy (non-hydrogen) atoms. The molecule has 1 aromatic heterocycles. The molecule has 9 heteroatoms. The molecule has 0 aliphatic carbocycles. The average molecular weight is 382 g/mol. The van der Waals surface area contributed by atoms with Gasteiger partial charge >= 0.3 is 0 Å². The topological polar surface area (TPSA) is 83.7 Å². The van der Waals surface area contributed by atoms with E-state index in [1.54, 1.807) is 17.0 Å².